The van der Waals surface area contributed by atoms with Crippen LogP contribution < -0.4 is 10.1 Å². The van der Waals surface area contributed by atoms with Crippen LogP contribution in [0.5, 0.6) is 5.75 Å². The van der Waals surface area contributed by atoms with E-state index in [0.29, 0.717) is 23.7 Å². The molecule has 0 saturated carbocycles. The number of carbonyl (C=O) groups is 1. The highest BCUT2D eigenvalue weighted by molar-refractivity contribution is 6.31. The van der Waals surface area contributed by atoms with Crippen molar-refractivity contribution >= 4 is 23.2 Å². The predicted octanol–water partition coefficient (Wildman–Crippen LogP) is 6.45. The van der Waals surface area contributed by atoms with E-state index in [1.807, 2.05) is 0 Å². The zero-order chi connectivity index (χ0) is 21.7. The summed E-state index contributed by atoms with van der Waals surface area (Å²) >= 11 is 5.58. The summed E-state index contributed by atoms with van der Waals surface area (Å²) in [6.07, 6.45) is -2.64. The standard InChI is InChI=1S/C21H18ClF3N2O3/c1-2-3-10-29-15-7-4-13(5-8-15)19-12-18(27-30-19)20(28)26-14-6-9-17(22)16(11-14)21(23,24)25/h4-9,11-12H,2-3,10H2,1H3,(H,26,28). The summed E-state index contributed by atoms with van der Waals surface area (Å²) in [6, 6.07) is 11.6. The zero-order valence-electron chi connectivity index (χ0n) is 15.9. The van der Waals surface area contributed by atoms with Crippen LogP contribution in [0.15, 0.2) is 53.1 Å². The number of hydrogen-bond donors (Lipinski definition) is 1. The van der Waals surface area contributed by atoms with Gasteiger partial charge in [-0.3, -0.25) is 4.79 Å². The molecular formula is C21H18ClF3N2O3. The van der Waals surface area contributed by atoms with Crippen LogP contribution in [-0.2, 0) is 6.18 Å². The number of amides is 1. The molecule has 0 saturated heterocycles. The summed E-state index contributed by atoms with van der Waals surface area (Å²) in [7, 11) is 0. The lowest BCUT2D eigenvalue weighted by Crippen LogP contribution is -2.13. The van der Waals surface area contributed by atoms with Crippen LogP contribution in [-0.4, -0.2) is 17.7 Å². The Kier molecular flexibility index (Phi) is 6.66. The fourth-order valence-corrected chi connectivity index (χ4v) is 2.81. The third kappa shape index (κ3) is 5.33. The van der Waals surface area contributed by atoms with Gasteiger partial charge in [-0.1, -0.05) is 30.1 Å². The Morgan fingerprint density at radius 2 is 1.90 bits per heavy atom. The molecule has 0 bridgehead atoms. The normalized spacial score (nSPS) is 11.4. The number of unbranched alkanes of at least 4 members (excludes halogenated alkanes) is 1. The molecule has 0 atom stereocenters. The number of aromatic nitrogens is 1. The first kappa shape index (κ1) is 21.7. The number of halogens is 4. The summed E-state index contributed by atoms with van der Waals surface area (Å²) in [5, 5.41) is 5.60. The van der Waals surface area contributed by atoms with Crippen molar-refractivity contribution in [2.45, 2.75) is 25.9 Å². The van der Waals surface area contributed by atoms with Crippen molar-refractivity contribution in [3.63, 3.8) is 0 Å². The molecule has 9 heteroatoms. The van der Waals surface area contributed by atoms with Crippen LogP contribution in [0.3, 0.4) is 0 Å². The Balaban J connectivity index is 1.69. The second-order valence-electron chi connectivity index (χ2n) is 6.45. The van der Waals surface area contributed by atoms with Crippen LogP contribution in [0.25, 0.3) is 11.3 Å². The molecule has 0 fully saturated rings. The fraction of sp³-hybridized carbons (Fsp3) is 0.238. The molecule has 5 nitrogen and oxygen atoms in total. The Morgan fingerprint density at radius 1 is 1.17 bits per heavy atom. The predicted molar refractivity (Wildman–Crippen MR) is 107 cm³/mol. The number of rotatable bonds is 7. The minimum absolute atomic E-state index is 0.0603. The van der Waals surface area contributed by atoms with E-state index < -0.39 is 22.7 Å². The molecule has 0 aliphatic rings. The molecule has 3 rings (SSSR count). The maximum absolute atomic E-state index is 13.0. The lowest BCUT2D eigenvalue weighted by molar-refractivity contribution is -0.137. The molecule has 0 aliphatic carbocycles. The highest BCUT2D eigenvalue weighted by Crippen LogP contribution is 2.36. The Labute approximate surface area is 175 Å². The van der Waals surface area contributed by atoms with E-state index in [1.54, 1.807) is 24.3 Å². The van der Waals surface area contributed by atoms with Crippen LogP contribution in [0.2, 0.25) is 5.02 Å². The Bertz CT molecular complexity index is 1020. The average Bonchev–Trinajstić information content (AvgIpc) is 3.20. The van der Waals surface area contributed by atoms with Crippen LogP contribution in [0.1, 0.15) is 35.8 Å². The molecule has 0 spiro atoms. The maximum atomic E-state index is 13.0. The molecule has 0 unspecified atom stereocenters. The maximum Gasteiger partial charge on any atom is 0.417 e. The first-order valence-corrected chi connectivity index (χ1v) is 9.53. The monoisotopic (exact) mass is 438 g/mol. The number of benzene rings is 2. The van der Waals surface area contributed by atoms with E-state index in [9.17, 15) is 18.0 Å². The van der Waals surface area contributed by atoms with Crippen molar-refractivity contribution in [1.82, 2.24) is 5.16 Å². The molecule has 0 aliphatic heterocycles. The van der Waals surface area contributed by atoms with E-state index in [1.165, 1.54) is 12.1 Å². The molecule has 1 aromatic heterocycles. The van der Waals surface area contributed by atoms with Crippen molar-refractivity contribution < 1.29 is 27.2 Å². The number of nitrogens with zero attached hydrogens (tertiary/aromatic N) is 1. The number of anilines is 1. The molecular weight excluding hydrogens is 421 g/mol. The fourth-order valence-electron chi connectivity index (χ4n) is 2.58. The molecule has 0 radical (unpaired) electrons. The van der Waals surface area contributed by atoms with Gasteiger partial charge in [0.1, 0.15) is 5.75 Å². The molecule has 1 amide bonds. The molecule has 1 heterocycles. The van der Waals surface area contributed by atoms with E-state index >= 15 is 0 Å². The minimum Gasteiger partial charge on any atom is -0.494 e. The van der Waals surface area contributed by atoms with E-state index in [2.05, 4.69) is 17.4 Å². The molecule has 2 aromatic carbocycles. The van der Waals surface area contributed by atoms with Gasteiger partial charge in [-0.2, -0.15) is 13.2 Å². The highest BCUT2D eigenvalue weighted by Gasteiger charge is 2.33. The minimum atomic E-state index is -4.63. The van der Waals surface area contributed by atoms with Gasteiger partial charge in [0, 0.05) is 17.3 Å². The van der Waals surface area contributed by atoms with Crippen molar-refractivity contribution in [3.05, 3.63) is 64.8 Å². The SMILES string of the molecule is CCCCOc1ccc(-c2cc(C(=O)Nc3ccc(Cl)c(C(F)(F)F)c3)no2)cc1. The van der Waals surface area contributed by atoms with Crippen molar-refractivity contribution in [1.29, 1.82) is 0 Å². The third-order valence-electron chi connectivity index (χ3n) is 4.18. The summed E-state index contributed by atoms with van der Waals surface area (Å²) in [5.41, 5.74) is -0.495. The van der Waals surface area contributed by atoms with Gasteiger partial charge in [-0.25, -0.2) is 0 Å². The van der Waals surface area contributed by atoms with Gasteiger partial charge in [-0.05, 0) is 48.9 Å². The van der Waals surface area contributed by atoms with E-state index in [0.717, 1.165) is 25.0 Å². The second-order valence-corrected chi connectivity index (χ2v) is 6.86. The Hall–Kier alpha value is -3.00. The van der Waals surface area contributed by atoms with Crippen molar-refractivity contribution in [2.75, 3.05) is 11.9 Å². The summed E-state index contributed by atoms with van der Waals surface area (Å²) in [6.45, 7) is 2.70. The summed E-state index contributed by atoms with van der Waals surface area (Å²) in [4.78, 5) is 12.3. The molecule has 158 valence electrons. The number of hydrogen-bond acceptors (Lipinski definition) is 4. The van der Waals surface area contributed by atoms with Gasteiger partial charge in [0.2, 0.25) is 0 Å². The highest BCUT2D eigenvalue weighted by atomic mass is 35.5. The first-order chi connectivity index (χ1) is 14.3. The Morgan fingerprint density at radius 3 is 2.57 bits per heavy atom. The summed E-state index contributed by atoms with van der Waals surface area (Å²) in [5.74, 6) is 0.347. The number of ether oxygens (including phenoxy) is 1. The topological polar surface area (TPSA) is 64.4 Å². The molecule has 1 N–H and O–H groups in total. The smallest absolute Gasteiger partial charge is 0.417 e. The van der Waals surface area contributed by atoms with E-state index in [4.69, 9.17) is 20.9 Å². The van der Waals surface area contributed by atoms with E-state index in [-0.39, 0.29) is 11.4 Å². The quantitative estimate of drug-likeness (QED) is 0.431. The summed E-state index contributed by atoms with van der Waals surface area (Å²) < 4.78 is 49.7. The largest absolute Gasteiger partial charge is 0.494 e. The van der Waals surface area contributed by atoms with Crippen LogP contribution in [0.4, 0.5) is 18.9 Å². The first-order valence-electron chi connectivity index (χ1n) is 9.16. The van der Waals surface area contributed by atoms with Crippen molar-refractivity contribution in [2.24, 2.45) is 0 Å². The van der Waals surface area contributed by atoms with Gasteiger partial charge < -0.3 is 14.6 Å². The number of nitrogens with one attached hydrogen (secondary N) is 1. The van der Waals surface area contributed by atoms with Gasteiger partial charge in [0.25, 0.3) is 5.91 Å². The number of carbonyl (C=O) groups excluding carboxylic acids is 1. The van der Waals surface area contributed by atoms with Gasteiger partial charge in [-0.15, -0.1) is 0 Å². The lowest BCUT2D eigenvalue weighted by atomic mass is 10.1. The molecule has 30 heavy (non-hydrogen) atoms. The molecule has 3 aromatic rings. The number of alkyl halides is 3. The third-order valence-corrected chi connectivity index (χ3v) is 4.51. The van der Waals surface area contributed by atoms with Gasteiger partial charge in [0.15, 0.2) is 11.5 Å². The lowest BCUT2D eigenvalue weighted by Gasteiger charge is -2.11. The van der Waals surface area contributed by atoms with Crippen molar-refractivity contribution in [3.8, 4) is 17.1 Å². The second kappa shape index (κ2) is 9.21. The zero-order valence-corrected chi connectivity index (χ0v) is 16.7. The van der Waals surface area contributed by atoms with Gasteiger partial charge >= 0.3 is 6.18 Å². The average molecular weight is 439 g/mol. The van der Waals surface area contributed by atoms with Crippen LogP contribution >= 0.6 is 11.6 Å². The van der Waals surface area contributed by atoms with Crippen LogP contribution in [0, 0.1) is 0 Å². The van der Waals surface area contributed by atoms with Gasteiger partial charge in [0.05, 0.1) is 17.2 Å².